The fraction of sp³-hybridized carbons (Fsp3) is 0.615. The maximum absolute atomic E-state index is 13.3. The van der Waals surface area contributed by atoms with Gasteiger partial charge in [-0.15, -0.1) is 0 Å². The summed E-state index contributed by atoms with van der Waals surface area (Å²) in [6.45, 7) is 11.2. The van der Waals surface area contributed by atoms with Gasteiger partial charge in [-0.25, -0.2) is 0 Å². The van der Waals surface area contributed by atoms with Crippen molar-refractivity contribution in [3.8, 4) is 0 Å². The number of hydrogen-bond acceptors (Lipinski definition) is 8. The first-order chi connectivity index (χ1) is 17.5. The Kier molecular flexibility index (Phi) is 7.76. The number of nitrogens with one attached hydrogen (secondary N) is 2. The first-order valence-corrected chi connectivity index (χ1v) is 13.2. The number of nitrogens with zero attached hydrogens (tertiary/aromatic N) is 4. The van der Waals surface area contributed by atoms with E-state index in [4.69, 9.17) is 0 Å². The van der Waals surface area contributed by atoms with E-state index in [0.717, 1.165) is 69.4 Å². The Labute approximate surface area is 211 Å². The lowest BCUT2D eigenvalue weighted by Gasteiger charge is -2.35. The molecule has 4 aliphatic rings. The van der Waals surface area contributed by atoms with Crippen molar-refractivity contribution < 1.29 is 19.2 Å². The molecule has 0 spiro atoms. The minimum absolute atomic E-state index is 0.122. The number of piperazine rings is 2. The van der Waals surface area contributed by atoms with E-state index in [1.807, 2.05) is 12.1 Å². The summed E-state index contributed by atoms with van der Waals surface area (Å²) in [5.74, 6) is -1.82. The fourth-order valence-corrected chi connectivity index (χ4v) is 5.73. The molecule has 3 saturated heterocycles. The lowest BCUT2D eigenvalue weighted by atomic mass is 10.0. The Morgan fingerprint density at radius 1 is 0.806 bits per heavy atom. The van der Waals surface area contributed by atoms with Crippen LogP contribution in [0.2, 0.25) is 0 Å². The van der Waals surface area contributed by atoms with Gasteiger partial charge in [0.15, 0.2) is 0 Å². The van der Waals surface area contributed by atoms with E-state index in [0.29, 0.717) is 17.7 Å². The molecule has 1 unspecified atom stereocenters. The van der Waals surface area contributed by atoms with Crippen molar-refractivity contribution in [2.75, 3.05) is 65.4 Å². The molecule has 4 aliphatic heterocycles. The van der Waals surface area contributed by atoms with Crippen LogP contribution in [0.3, 0.4) is 0 Å². The number of unbranched alkanes of at least 4 members (excludes halogenated alkanes) is 1. The molecule has 36 heavy (non-hydrogen) atoms. The highest BCUT2D eigenvalue weighted by Gasteiger charge is 2.45. The number of amides is 4. The molecule has 1 atom stereocenters. The van der Waals surface area contributed by atoms with Gasteiger partial charge in [0.25, 0.3) is 11.8 Å². The van der Waals surface area contributed by atoms with Gasteiger partial charge in [0.1, 0.15) is 6.04 Å². The highest BCUT2D eigenvalue weighted by atomic mass is 16.2. The first-order valence-electron chi connectivity index (χ1n) is 13.2. The molecule has 0 bridgehead atoms. The monoisotopic (exact) mass is 496 g/mol. The van der Waals surface area contributed by atoms with Crippen molar-refractivity contribution >= 4 is 23.6 Å². The van der Waals surface area contributed by atoms with Gasteiger partial charge >= 0.3 is 0 Å². The molecule has 3 fully saturated rings. The minimum Gasteiger partial charge on any atom is -0.314 e. The quantitative estimate of drug-likeness (QED) is 0.380. The first kappa shape index (κ1) is 25.0. The molecule has 1 aromatic rings. The third-order valence-corrected chi connectivity index (χ3v) is 7.82. The van der Waals surface area contributed by atoms with Gasteiger partial charge in [-0.2, -0.15) is 0 Å². The zero-order valence-electron chi connectivity index (χ0n) is 20.8. The van der Waals surface area contributed by atoms with Gasteiger partial charge in [0.05, 0.1) is 11.1 Å². The van der Waals surface area contributed by atoms with Gasteiger partial charge in [-0.05, 0) is 44.0 Å². The number of piperidine rings is 1. The third-order valence-electron chi connectivity index (χ3n) is 7.82. The summed E-state index contributed by atoms with van der Waals surface area (Å²) in [6, 6.07) is 4.43. The van der Waals surface area contributed by atoms with E-state index < -0.39 is 23.8 Å². The number of rotatable bonds is 8. The molecule has 0 radical (unpaired) electrons. The Balaban J connectivity index is 1.13. The second kappa shape index (κ2) is 11.2. The molecular formula is C26H36N6O4. The van der Waals surface area contributed by atoms with Crippen molar-refractivity contribution in [2.24, 2.45) is 0 Å². The van der Waals surface area contributed by atoms with Crippen LogP contribution in [0.4, 0.5) is 0 Å². The van der Waals surface area contributed by atoms with E-state index in [9.17, 15) is 19.2 Å². The molecule has 10 heteroatoms. The second-order valence-corrected chi connectivity index (χ2v) is 10.2. The second-order valence-electron chi connectivity index (χ2n) is 10.2. The molecule has 0 saturated carbocycles. The fourth-order valence-electron chi connectivity index (χ4n) is 5.73. The van der Waals surface area contributed by atoms with E-state index in [1.165, 1.54) is 19.4 Å². The highest BCUT2D eigenvalue weighted by molar-refractivity contribution is 6.24. The van der Waals surface area contributed by atoms with E-state index in [-0.39, 0.29) is 18.7 Å². The molecule has 0 aliphatic carbocycles. The number of hydrogen-bond donors (Lipinski definition) is 2. The van der Waals surface area contributed by atoms with Crippen LogP contribution in [-0.2, 0) is 16.1 Å². The largest absolute Gasteiger partial charge is 0.314 e. The average Bonchev–Trinajstić information content (AvgIpc) is 3.14. The highest BCUT2D eigenvalue weighted by Crippen LogP contribution is 2.30. The molecule has 2 N–H and O–H groups in total. The lowest BCUT2D eigenvalue weighted by molar-refractivity contribution is -0.136. The molecule has 5 rings (SSSR count). The van der Waals surface area contributed by atoms with Crippen molar-refractivity contribution in [1.82, 2.24) is 30.2 Å². The molecular weight excluding hydrogens is 460 g/mol. The molecule has 10 nitrogen and oxygen atoms in total. The summed E-state index contributed by atoms with van der Waals surface area (Å²) >= 11 is 0. The third kappa shape index (κ3) is 5.36. The molecule has 1 aromatic carbocycles. The molecule has 4 heterocycles. The van der Waals surface area contributed by atoms with E-state index in [1.54, 1.807) is 6.07 Å². The zero-order chi connectivity index (χ0) is 25.1. The summed E-state index contributed by atoms with van der Waals surface area (Å²) in [6.07, 6.45) is 2.73. The van der Waals surface area contributed by atoms with Crippen LogP contribution in [-0.4, -0.2) is 115 Å². The summed E-state index contributed by atoms with van der Waals surface area (Å²) < 4.78 is 0. The molecule has 194 valence electrons. The zero-order valence-corrected chi connectivity index (χ0v) is 20.8. The topological polar surface area (TPSA) is 105 Å². The number of carbonyl (C=O) groups excluding carboxylic acids is 4. The standard InChI is InChI=1S/C26H36N6O4/c33-22-7-6-21(24(34)28-22)32-25(35)20-5-3-4-19(23(20)26(32)36)18-31-16-14-30(15-17-31)11-2-1-10-29-12-8-27-9-13-29/h3-5,21,27H,1-2,6-18H2,(H,28,33,34). The number of imide groups is 2. The van der Waals surface area contributed by atoms with Crippen LogP contribution in [0.1, 0.15) is 52.0 Å². The normalized spacial score (nSPS) is 24.3. The van der Waals surface area contributed by atoms with E-state index in [2.05, 4.69) is 25.3 Å². The predicted molar refractivity (Wildman–Crippen MR) is 133 cm³/mol. The van der Waals surface area contributed by atoms with Gasteiger partial charge in [0, 0.05) is 65.3 Å². The Morgan fingerprint density at radius 3 is 2.17 bits per heavy atom. The Bertz CT molecular complexity index is 1020. The Morgan fingerprint density at radius 2 is 1.47 bits per heavy atom. The van der Waals surface area contributed by atoms with Crippen LogP contribution < -0.4 is 10.6 Å². The van der Waals surface area contributed by atoms with Crippen LogP contribution >= 0.6 is 0 Å². The molecule has 4 amide bonds. The van der Waals surface area contributed by atoms with Crippen LogP contribution in [0.25, 0.3) is 0 Å². The van der Waals surface area contributed by atoms with Crippen molar-refractivity contribution in [3.05, 3.63) is 34.9 Å². The molecule has 0 aromatic heterocycles. The van der Waals surface area contributed by atoms with Gasteiger partial charge in [0.2, 0.25) is 11.8 Å². The summed E-state index contributed by atoms with van der Waals surface area (Å²) in [5.41, 5.74) is 1.58. The number of benzene rings is 1. The number of fused-ring (bicyclic) bond motifs is 1. The summed E-state index contributed by atoms with van der Waals surface area (Å²) in [7, 11) is 0. The predicted octanol–water partition coefficient (Wildman–Crippen LogP) is -0.109. The maximum atomic E-state index is 13.3. The van der Waals surface area contributed by atoms with E-state index >= 15 is 0 Å². The lowest BCUT2D eigenvalue weighted by Crippen LogP contribution is -2.54. The van der Waals surface area contributed by atoms with Gasteiger partial charge < -0.3 is 15.1 Å². The van der Waals surface area contributed by atoms with Crippen LogP contribution in [0.15, 0.2) is 18.2 Å². The Hall–Kier alpha value is -2.66. The average molecular weight is 497 g/mol. The van der Waals surface area contributed by atoms with Gasteiger partial charge in [-0.1, -0.05) is 12.1 Å². The van der Waals surface area contributed by atoms with Gasteiger partial charge in [-0.3, -0.25) is 34.3 Å². The van der Waals surface area contributed by atoms with Crippen LogP contribution in [0.5, 0.6) is 0 Å². The smallest absolute Gasteiger partial charge is 0.262 e. The summed E-state index contributed by atoms with van der Waals surface area (Å²) in [4.78, 5) is 58.7. The maximum Gasteiger partial charge on any atom is 0.262 e. The van der Waals surface area contributed by atoms with Crippen molar-refractivity contribution in [3.63, 3.8) is 0 Å². The number of carbonyl (C=O) groups is 4. The minimum atomic E-state index is -0.932. The van der Waals surface area contributed by atoms with Crippen LogP contribution in [0, 0.1) is 0 Å². The van der Waals surface area contributed by atoms with Crippen molar-refractivity contribution in [1.29, 1.82) is 0 Å². The summed E-state index contributed by atoms with van der Waals surface area (Å²) in [5, 5.41) is 5.65. The SMILES string of the molecule is O=C1CCC(N2C(=O)c3cccc(CN4CCN(CCCCN5CCNCC5)CC4)c3C2=O)C(=O)N1. The van der Waals surface area contributed by atoms with Crippen molar-refractivity contribution in [2.45, 2.75) is 38.3 Å².